The maximum atomic E-state index is 4.20. The van der Waals surface area contributed by atoms with Crippen LogP contribution in [0.1, 0.15) is 5.56 Å². The Hall–Kier alpha value is -1.46. The minimum Gasteiger partial charge on any atom is -0.312 e. The fourth-order valence-corrected chi connectivity index (χ4v) is 2.05. The first-order chi connectivity index (χ1) is 8.45. The predicted molar refractivity (Wildman–Crippen MR) is 68.7 cm³/mol. The Kier molecular flexibility index (Phi) is 4.93. The van der Waals surface area contributed by atoms with Gasteiger partial charge in [0.1, 0.15) is 5.03 Å². The highest BCUT2D eigenvalue weighted by molar-refractivity contribution is 7.99. The summed E-state index contributed by atoms with van der Waals surface area (Å²) in [7, 11) is 0. The van der Waals surface area contributed by atoms with Crippen molar-refractivity contribution in [2.75, 3.05) is 12.3 Å². The van der Waals surface area contributed by atoms with Crippen LogP contribution in [0.25, 0.3) is 0 Å². The summed E-state index contributed by atoms with van der Waals surface area (Å²) in [4.78, 5) is 12.3. The highest BCUT2D eigenvalue weighted by Gasteiger charge is 1.95. The van der Waals surface area contributed by atoms with Crippen molar-refractivity contribution in [3.63, 3.8) is 0 Å². The summed E-state index contributed by atoms with van der Waals surface area (Å²) >= 11 is 1.70. The van der Waals surface area contributed by atoms with Crippen LogP contribution >= 0.6 is 11.8 Å². The van der Waals surface area contributed by atoms with Crippen LogP contribution in [-0.4, -0.2) is 27.2 Å². The molecule has 0 aliphatic heterocycles. The predicted octanol–water partition coefficient (Wildman–Crippen LogP) is 1.75. The second kappa shape index (κ2) is 6.98. The average molecular weight is 246 g/mol. The molecule has 2 rings (SSSR count). The Morgan fingerprint density at radius 1 is 1.12 bits per heavy atom. The van der Waals surface area contributed by atoms with Crippen LogP contribution in [0.2, 0.25) is 0 Å². The van der Waals surface area contributed by atoms with Gasteiger partial charge >= 0.3 is 0 Å². The van der Waals surface area contributed by atoms with Crippen LogP contribution < -0.4 is 5.32 Å². The molecule has 0 fully saturated rings. The first-order valence-electron chi connectivity index (χ1n) is 5.43. The number of nitrogens with zero attached hydrogens (tertiary/aromatic N) is 3. The van der Waals surface area contributed by atoms with Crippen LogP contribution in [0.4, 0.5) is 0 Å². The summed E-state index contributed by atoms with van der Waals surface area (Å²) in [6, 6.07) is 4.02. The Morgan fingerprint density at radius 3 is 2.82 bits per heavy atom. The Balaban J connectivity index is 1.61. The van der Waals surface area contributed by atoms with Crippen molar-refractivity contribution in [1.29, 1.82) is 0 Å². The fourth-order valence-electron chi connectivity index (χ4n) is 1.32. The van der Waals surface area contributed by atoms with Crippen LogP contribution in [0.3, 0.4) is 0 Å². The number of nitrogens with one attached hydrogen (secondary N) is 1. The zero-order valence-electron chi connectivity index (χ0n) is 9.41. The van der Waals surface area contributed by atoms with E-state index in [0.717, 1.165) is 23.9 Å². The smallest absolute Gasteiger partial charge is 0.114 e. The Labute approximate surface area is 105 Å². The van der Waals surface area contributed by atoms with Crippen molar-refractivity contribution in [2.24, 2.45) is 0 Å². The van der Waals surface area contributed by atoms with Crippen molar-refractivity contribution in [3.05, 3.63) is 48.7 Å². The molecule has 2 aromatic heterocycles. The molecule has 4 nitrogen and oxygen atoms in total. The van der Waals surface area contributed by atoms with E-state index in [4.69, 9.17) is 0 Å². The van der Waals surface area contributed by atoms with Gasteiger partial charge in [0.2, 0.25) is 0 Å². The lowest BCUT2D eigenvalue weighted by Crippen LogP contribution is -2.16. The molecule has 0 radical (unpaired) electrons. The molecule has 17 heavy (non-hydrogen) atoms. The van der Waals surface area contributed by atoms with Gasteiger partial charge in [0, 0.05) is 43.6 Å². The average Bonchev–Trinajstić information content (AvgIpc) is 2.41. The third kappa shape index (κ3) is 4.50. The minimum atomic E-state index is 0.856. The Morgan fingerprint density at radius 2 is 2.06 bits per heavy atom. The first-order valence-corrected chi connectivity index (χ1v) is 6.42. The molecule has 0 aliphatic rings. The van der Waals surface area contributed by atoms with Gasteiger partial charge in [0.25, 0.3) is 0 Å². The van der Waals surface area contributed by atoms with Crippen molar-refractivity contribution in [2.45, 2.75) is 11.6 Å². The highest BCUT2D eigenvalue weighted by atomic mass is 32.2. The van der Waals surface area contributed by atoms with Crippen LogP contribution in [-0.2, 0) is 6.54 Å². The van der Waals surface area contributed by atoms with Gasteiger partial charge in [-0.1, -0.05) is 6.07 Å². The largest absolute Gasteiger partial charge is 0.312 e. The van der Waals surface area contributed by atoms with E-state index < -0.39 is 0 Å². The summed E-state index contributed by atoms with van der Waals surface area (Å²) < 4.78 is 0. The van der Waals surface area contributed by atoms with Gasteiger partial charge in [0.05, 0.1) is 6.20 Å². The van der Waals surface area contributed by atoms with E-state index in [1.807, 2.05) is 12.3 Å². The molecule has 1 N–H and O–H groups in total. The lowest BCUT2D eigenvalue weighted by atomic mass is 10.3. The molecule has 0 bridgehead atoms. The topological polar surface area (TPSA) is 50.7 Å². The van der Waals surface area contributed by atoms with Crippen molar-refractivity contribution in [1.82, 2.24) is 20.3 Å². The second-order valence-electron chi connectivity index (χ2n) is 3.43. The van der Waals surface area contributed by atoms with Gasteiger partial charge in [-0.3, -0.25) is 9.97 Å². The quantitative estimate of drug-likeness (QED) is 0.621. The molecule has 0 spiro atoms. The van der Waals surface area contributed by atoms with E-state index in [9.17, 15) is 0 Å². The lowest BCUT2D eigenvalue weighted by Gasteiger charge is -2.03. The molecule has 0 saturated carbocycles. The van der Waals surface area contributed by atoms with E-state index in [1.165, 1.54) is 5.56 Å². The molecule has 0 unspecified atom stereocenters. The highest BCUT2D eigenvalue weighted by Crippen LogP contribution is 2.11. The number of rotatable bonds is 6. The van der Waals surface area contributed by atoms with E-state index >= 15 is 0 Å². The monoisotopic (exact) mass is 246 g/mol. The van der Waals surface area contributed by atoms with Gasteiger partial charge in [-0.05, 0) is 11.6 Å². The molecule has 0 aromatic carbocycles. The summed E-state index contributed by atoms with van der Waals surface area (Å²) in [6.45, 7) is 1.80. The number of hydrogen-bond donors (Lipinski definition) is 1. The van der Waals surface area contributed by atoms with Gasteiger partial charge in [-0.2, -0.15) is 0 Å². The van der Waals surface area contributed by atoms with Crippen molar-refractivity contribution in [3.8, 4) is 0 Å². The molecule has 0 aliphatic carbocycles. The van der Waals surface area contributed by atoms with Crippen LogP contribution in [0, 0.1) is 0 Å². The molecule has 0 saturated heterocycles. The zero-order valence-corrected chi connectivity index (χ0v) is 10.2. The fraction of sp³-hybridized carbons (Fsp3) is 0.250. The van der Waals surface area contributed by atoms with Gasteiger partial charge in [-0.15, -0.1) is 11.8 Å². The van der Waals surface area contributed by atoms with Gasteiger partial charge < -0.3 is 5.32 Å². The van der Waals surface area contributed by atoms with Crippen molar-refractivity contribution < 1.29 is 0 Å². The summed E-state index contributed by atoms with van der Waals surface area (Å²) in [5.41, 5.74) is 1.21. The van der Waals surface area contributed by atoms with E-state index in [-0.39, 0.29) is 0 Å². The number of thioether (sulfide) groups is 1. The van der Waals surface area contributed by atoms with Crippen LogP contribution in [0.5, 0.6) is 0 Å². The third-order valence-electron chi connectivity index (χ3n) is 2.12. The maximum absolute atomic E-state index is 4.20. The van der Waals surface area contributed by atoms with Crippen LogP contribution in [0.15, 0.2) is 48.1 Å². The molecular formula is C12H14N4S. The maximum Gasteiger partial charge on any atom is 0.114 e. The number of aromatic nitrogens is 3. The lowest BCUT2D eigenvalue weighted by molar-refractivity contribution is 0.729. The van der Waals surface area contributed by atoms with Gasteiger partial charge in [0.15, 0.2) is 0 Å². The molecular weight excluding hydrogens is 232 g/mol. The van der Waals surface area contributed by atoms with E-state index in [1.54, 1.807) is 36.5 Å². The van der Waals surface area contributed by atoms with E-state index in [2.05, 4.69) is 26.3 Å². The second-order valence-corrected chi connectivity index (χ2v) is 4.55. The Bertz CT molecular complexity index is 380. The zero-order chi connectivity index (χ0) is 11.8. The molecule has 2 aromatic rings. The molecule has 0 atom stereocenters. The molecule has 88 valence electrons. The normalized spacial score (nSPS) is 10.4. The first kappa shape index (κ1) is 12.0. The SMILES string of the molecule is c1cncc(CNCCSc2cnccn2)c1. The summed E-state index contributed by atoms with van der Waals surface area (Å²) in [5, 5.41) is 4.33. The molecule has 0 amide bonds. The number of hydrogen-bond acceptors (Lipinski definition) is 5. The minimum absolute atomic E-state index is 0.856. The van der Waals surface area contributed by atoms with Crippen molar-refractivity contribution >= 4 is 11.8 Å². The summed E-state index contributed by atoms with van der Waals surface area (Å²) in [5.74, 6) is 0.985. The van der Waals surface area contributed by atoms with E-state index in [0.29, 0.717) is 0 Å². The number of pyridine rings is 1. The standard InChI is InChI=1S/C12H14N4S/c1-2-11(8-13-3-1)9-15-6-7-17-12-10-14-4-5-16-12/h1-5,8,10,15H,6-7,9H2. The summed E-state index contributed by atoms with van der Waals surface area (Å²) in [6.07, 6.45) is 8.85. The third-order valence-corrected chi connectivity index (χ3v) is 3.04. The molecule has 5 heteroatoms. The molecule has 2 heterocycles. The van der Waals surface area contributed by atoms with Gasteiger partial charge in [-0.25, -0.2) is 4.98 Å².